The van der Waals surface area contributed by atoms with E-state index in [1.54, 1.807) is 55.6 Å². The number of rotatable bonds is 7. The maximum absolute atomic E-state index is 12.4. The van der Waals surface area contributed by atoms with Gasteiger partial charge in [0.2, 0.25) is 0 Å². The molecule has 24 heavy (non-hydrogen) atoms. The van der Waals surface area contributed by atoms with Crippen molar-refractivity contribution in [3.05, 3.63) is 54.1 Å². The molecular weight excluding hydrogens is 306 g/mol. The summed E-state index contributed by atoms with van der Waals surface area (Å²) in [6.07, 6.45) is -0.0745. The Hall–Kier alpha value is -2.82. The van der Waals surface area contributed by atoms with Gasteiger partial charge in [0, 0.05) is 11.3 Å². The van der Waals surface area contributed by atoms with Crippen molar-refractivity contribution in [3.8, 4) is 11.5 Å². The lowest BCUT2D eigenvalue weighted by atomic mass is 10.1. The number of hydrogen-bond acceptors (Lipinski definition) is 4. The molecule has 1 N–H and O–H groups in total. The minimum atomic E-state index is -0.606. The topological polar surface area (TPSA) is 64.6 Å². The number of carbonyl (C=O) groups is 2. The molecule has 1 amide bonds. The highest BCUT2D eigenvalue weighted by Crippen LogP contribution is 2.19. The smallest absolute Gasteiger partial charge is 0.265 e. The number of nitrogens with one attached hydrogen (secondary N) is 1. The summed E-state index contributed by atoms with van der Waals surface area (Å²) in [6, 6.07) is 13.9. The van der Waals surface area contributed by atoms with Gasteiger partial charge in [0.05, 0.1) is 7.11 Å². The molecule has 0 fully saturated rings. The molecule has 126 valence electrons. The minimum absolute atomic E-state index is 0.0119. The highest BCUT2D eigenvalue weighted by molar-refractivity contribution is 5.96. The van der Waals surface area contributed by atoms with E-state index < -0.39 is 6.10 Å². The van der Waals surface area contributed by atoms with Crippen molar-refractivity contribution < 1.29 is 19.1 Å². The third kappa shape index (κ3) is 4.59. The third-order valence-corrected chi connectivity index (χ3v) is 3.56. The van der Waals surface area contributed by atoms with Gasteiger partial charge in [-0.15, -0.1) is 0 Å². The van der Waals surface area contributed by atoms with Crippen LogP contribution in [0, 0.1) is 0 Å². The van der Waals surface area contributed by atoms with E-state index in [1.807, 2.05) is 6.92 Å². The van der Waals surface area contributed by atoms with E-state index in [9.17, 15) is 9.59 Å². The molecule has 0 spiro atoms. The Morgan fingerprint density at radius 2 is 1.58 bits per heavy atom. The van der Waals surface area contributed by atoms with Crippen LogP contribution in [0.3, 0.4) is 0 Å². The summed E-state index contributed by atoms with van der Waals surface area (Å²) < 4.78 is 10.8. The van der Waals surface area contributed by atoms with Crippen LogP contribution < -0.4 is 14.8 Å². The Bertz CT molecular complexity index is 692. The summed E-state index contributed by atoms with van der Waals surface area (Å²) in [5, 5.41) is 2.80. The van der Waals surface area contributed by atoms with Gasteiger partial charge in [-0.1, -0.05) is 6.92 Å². The largest absolute Gasteiger partial charge is 0.497 e. The molecule has 0 radical (unpaired) electrons. The van der Waals surface area contributed by atoms with Gasteiger partial charge in [-0.05, 0) is 61.9 Å². The molecule has 1 atom stereocenters. The van der Waals surface area contributed by atoms with E-state index in [-0.39, 0.29) is 11.7 Å². The summed E-state index contributed by atoms with van der Waals surface area (Å²) in [6.45, 7) is 3.38. The van der Waals surface area contributed by atoms with E-state index in [1.165, 1.54) is 6.92 Å². The number of amides is 1. The summed E-state index contributed by atoms with van der Waals surface area (Å²) in [5.74, 6) is 1.08. The molecule has 0 aliphatic carbocycles. The fourth-order valence-corrected chi connectivity index (χ4v) is 2.15. The molecule has 2 aromatic carbocycles. The first-order chi connectivity index (χ1) is 11.5. The molecule has 0 aromatic heterocycles. The third-order valence-electron chi connectivity index (χ3n) is 3.56. The molecular formula is C19H21NO4. The second-order valence-corrected chi connectivity index (χ2v) is 5.31. The molecule has 0 aliphatic rings. The first-order valence-electron chi connectivity index (χ1n) is 7.76. The molecule has 2 rings (SSSR count). The number of benzene rings is 2. The first-order valence-corrected chi connectivity index (χ1v) is 7.76. The van der Waals surface area contributed by atoms with Gasteiger partial charge in [-0.2, -0.15) is 0 Å². The van der Waals surface area contributed by atoms with Crippen LogP contribution in [-0.4, -0.2) is 24.9 Å². The number of methoxy groups -OCH3 is 1. The molecule has 5 nitrogen and oxygen atoms in total. The van der Waals surface area contributed by atoms with Crippen molar-refractivity contribution in [2.24, 2.45) is 0 Å². The minimum Gasteiger partial charge on any atom is -0.497 e. The van der Waals surface area contributed by atoms with Gasteiger partial charge in [0.1, 0.15) is 11.5 Å². The van der Waals surface area contributed by atoms with Gasteiger partial charge >= 0.3 is 0 Å². The van der Waals surface area contributed by atoms with Crippen LogP contribution in [0.1, 0.15) is 30.6 Å². The fourth-order valence-electron chi connectivity index (χ4n) is 2.15. The van der Waals surface area contributed by atoms with Gasteiger partial charge in [-0.3, -0.25) is 9.59 Å². The average molecular weight is 327 g/mol. The first kappa shape index (κ1) is 17.5. The number of carbonyl (C=O) groups excluding carboxylic acids is 2. The van der Waals surface area contributed by atoms with Crippen molar-refractivity contribution in [2.45, 2.75) is 26.4 Å². The van der Waals surface area contributed by atoms with Crippen LogP contribution in [-0.2, 0) is 4.79 Å². The molecule has 0 saturated heterocycles. The van der Waals surface area contributed by atoms with Crippen molar-refractivity contribution in [2.75, 3.05) is 12.4 Å². The summed E-state index contributed by atoms with van der Waals surface area (Å²) >= 11 is 0. The highest BCUT2D eigenvalue weighted by atomic mass is 16.5. The predicted octanol–water partition coefficient (Wildman–Crippen LogP) is 3.69. The Kier molecular flexibility index (Phi) is 5.95. The van der Waals surface area contributed by atoms with Gasteiger partial charge in [0.25, 0.3) is 5.91 Å². The van der Waals surface area contributed by atoms with Crippen molar-refractivity contribution in [3.63, 3.8) is 0 Å². The van der Waals surface area contributed by atoms with E-state index in [0.29, 0.717) is 23.4 Å². The van der Waals surface area contributed by atoms with Crippen molar-refractivity contribution >= 4 is 17.4 Å². The highest BCUT2D eigenvalue weighted by Gasteiger charge is 2.18. The van der Waals surface area contributed by atoms with E-state index in [2.05, 4.69) is 5.32 Å². The second kappa shape index (κ2) is 8.15. The van der Waals surface area contributed by atoms with Gasteiger partial charge in [0.15, 0.2) is 11.9 Å². The number of ether oxygens (including phenoxy) is 2. The van der Waals surface area contributed by atoms with Crippen LogP contribution in [0.2, 0.25) is 0 Å². The second-order valence-electron chi connectivity index (χ2n) is 5.31. The maximum atomic E-state index is 12.4. The maximum Gasteiger partial charge on any atom is 0.265 e. The van der Waals surface area contributed by atoms with E-state index in [4.69, 9.17) is 9.47 Å². The van der Waals surface area contributed by atoms with Crippen molar-refractivity contribution in [1.82, 2.24) is 0 Å². The standard InChI is InChI=1S/C19H21NO4/c1-4-18(24-17-11-9-16(23-3)10-12-17)19(22)20-15-7-5-14(6-8-15)13(2)21/h5-12,18H,4H2,1-3H3,(H,20,22). The molecule has 0 heterocycles. The van der Waals surface area contributed by atoms with Crippen LogP contribution in [0.5, 0.6) is 11.5 Å². The lowest BCUT2D eigenvalue weighted by Gasteiger charge is -2.17. The Balaban J connectivity index is 2.00. The van der Waals surface area contributed by atoms with E-state index in [0.717, 1.165) is 5.75 Å². The molecule has 0 saturated carbocycles. The van der Waals surface area contributed by atoms with Crippen LogP contribution in [0.25, 0.3) is 0 Å². The van der Waals surface area contributed by atoms with Crippen LogP contribution >= 0.6 is 0 Å². The van der Waals surface area contributed by atoms with E-state index >= 15 is 0 Å². The zero-order valence-corrected chi connectivity index (χ0v) is 14.0. The summed E-state index contributed by atoms with van der Waals surface area (Å²) in [7, 11) is 1.59. The molecule has 0 aliphatic heterocycles. The lowest BCUT2D eigenvalue weighted by Crippen LogP contribution is -2.32. The normalized spacial score (nSPS) is 11.5. The van der Waals surface area contributed by atoms with Crippen LogP contribution in [0.15, 0.2) is 48.5 Å². The monoisotopic (exact) mass is 327 g/mol. The Morgan fingerprint density at radius 3 is 2.08 bits per heavy atom. The SMILES string of the molecule is CCC(Oc1ccc(OC)cc1)C(=O)Nc1ccc(C(C)=O)cc1. The number of Topliss-reactive ketones (excluding diaryl/α,β-unsaturated/α-hetero) is 1. The number of hydrogen-bond donors (Lipinski definition) is 1. The zero-order chi connectivity index (χ0) is 17.5. The number of ketones is 1. The summed E-state index contributed by atoms with van der Waals surface area (Å²) in [5.41, 5.74) is 1.23. The number of anilines is 1. The molecule has 2 aromatic rings. The predicted molar refractivity (Wildman–Crippen MR) is 92.8 cm³/mol. The fraction of sp³-hybridized carbons (Fsp3) is 0.263. The van der Waals surface area contributed by atoms with Gasteiger partial charge in [-0.25, -0.2) is 0 Å². The van der Waals surface area contributed by atoms with Crippen molar-refractivity contribution in [1.29, 1.82) is 0 Å². The quantitative estimate of drug-likeness (QED) is 0.788. The molecule has 0 bridgehead atoms. The molecule has 1 unspecified atom stereocenters. The van der Waals surface area contributed by atoms with Crippen LogP contribution in [0.4, 0.5) is 5.69 Å². The Labute approximate surface area is 141 Å². The zero-order valence-electron chi connectivity index (χ0n) is 14.0. The Morgan fingerprint density at radius 1 is 1.00 bits per heavy atom. The average Bonchev–Trinajstić information content (AvgIpc) is 2.60. The lowest BCUT2D eigenvalue weighted by molar-refractivity contribution is -0.122. The summed E-state index contributed by atoms with van der Waals surface area (Å²) in [4.78, 5) is 23.6. The van der Waals surface area contributed by atoms with Gasteiger partial charge < -0.3 is 14.8 Å². The molecule has 5 heteroatoms.